The molecule has 0 aliphatic heterocycles. The van der Waals surface area contributed by atoms with Gasteiger partial charge in [0.15, 0.2) is 0 Å². The number of nitrogens with zero attached hydrogens (tertiary/aromatic N) is 1. The number of carbonyl (C=O) groups is 1. The van der Waals surface area contributed by atoms with E-state index in [-0.39, 0.29) is 20.4 Å². The van der Waals surface area contributed by atoms with E-state index in [0.717, 1.165) is 6.54 Å². The average molecular weight is 401 g/mol. The van der Waals surface area contributed by atoms with Gasteiger partial charge >= 0.3 is 94.9 Å². The number of alkyl halides is 3. The van der Waals surface area contributed by atoms with Crippen molar-refractivity contribution in [1.82, 2.24) is 0 Å². The summed E-state index contributed by atoms with van der Waals surface area (Å²) in [6, 6.07) is 6.86. The molecule has 110 valence electrons. The number of halogens is 3. The molecule has 0 saturated heterocycles. The molecule has 3 nitrogen and oxygen atoms in total. The molecule has 0 saturated carbocycles. The molecule has 7 heteroatoms. The molecule has 0 amide bonds. The maximum absolute atomic E-state index is 10.5. The maximum atomic E-state index is 10.5. The molecule has 1 aromatic heterocycles. The van der Waals surface area contributed by atoms with Crippen LogP contribution in [0.15, 0.2) is 18.2 Å². The number of carboxylic acids is 1. The van der Waals surface area contributed by atoms with Gasteiger partial charge in [-0.1, -0.05) is 0 Å². The summed E-state index contributed by atoms with van der Waals surface area (Å²) in [6.07, 6.45) is -5.19. The van der Waals surface area contributed by atoms with Crippen LogP contribution < -0.4 is 9.67 Å². The van der Waals surface area contributed by atoms with Crippen LogP contribution in [-0.2, 0) is 11.3 Å². The summed E-state index contributed by atoms with van der Waals surface area (Å²) in [4.78, 5) is 8.78. The average Bonchev–Trinajstić information content (AvgIpc) is 2.63. The van der Waals surface area contributed by atoms with Gasteiger partial charge in [-0.05, 0) is 0 Å². The first-order chi connectivity index (χ1) is 9.16. The van der Waals surface area contributed by atoms with Crippen molar-refractivity contribution >= 4 is 35.3 Å². The van der Waals surface area contributed by atoms with Gasteiger partial charge < -0.3 is 9.90 Å². The van der Waals surface area contributed by atoms with E-state index in [0.29, 0.717) is 0 Å². The van der Waals surface area contributed by atoms with Crippen molar-refractivity contribution in [2.45, 2.75) is 33.5 Å². The van der Waals surface area contributed by atoms with Gasteiger partial charge in [0.1, 0.15) is 5.97 Å². The van der Waals surface area contributed by atoms with E-state index < -0.39 is 12.1 Å². The standard InChI is InChI=1S/C11H14NTe.C2HF3O2/c1-4-12-9(3)13-11-6-5-8(2)7-10(11)12;3-2(4,5)1(6)7/h5-7H,4H2,1-3H3;(H,6,7)/q+1;/p-1. The monoisotopic (exact) mass is 403 g/mol. The molecule has 0 radical (unpaired) electrons. The number of aryl methyl sites for hydroxylation is 3. The van der Waals surface area contributed by atoms with Crippen molar-refractivity contribution in [3.63, 3.8) is 0 Å². The van der Waals surface area contributed by atoms with Crippen molar-refractivity contribution in [2.24, 2.45) is 0 Å². The third kappa shape index (κ3) is 4.22. The zero-order valence-electron chi connectivity index (χ0n) is 11.2. The second-order valence-corrected chi connectivity index (χ2v) is 7.65. The molecule has 0 unspecified atom stereocenters. The summed E-state index contributed by atoms with van der Waals surface area (Å²) in [7, 11) is 0. The molecule has 1 heterocycles. The number of carbonyl (C=O) groups excluding carboxylic acids is 1. The number of hydrogen-bond acceptors (Lipinski definition) is 2. The molecule has 0 aliphatic rings. The van der Waals surface area contributed by atoms with Gasteiger partial charge in [0.2, 0.25) is 0 Å². The van der Waals surface area contributed by atoms with Gasteiger partial charge in [-0.25, -0.2) is 0 Å². The zero-order chi connectivity index (χ0) is 15.5. The molecule has 1 aromatic carbocycles. The van der Waals surface area contributed by atoms with Crippen LogP contribution in [0.2, 0.25) is 0 Å². The van der Waals surface area contributed by atoms with Gasteiger partial charge in [-0.15, -0.1) is 0 Å². The molecule has 0 spiro atoms. The third-order valence-corrected chi connectivity index (χ3v) is 5.68. The zero-order valence-corrected chi connectivity index (χ0v) is 13.6. The van der Waals surface area contributed by atoms with Crippen LogP contribution >= 0.6 is 0 Å². The fraction of sp³-hybridized carbons (Fsp3) is 0.385. The molecule has 0 bridgehead atoms. The minimum Gasteiger partial charge on any atom is -0.542 e. The topological polar surface area (TPSA) is 44.0 Å². The Morgan fingerprint density at radius 1 is 1.35 bits per heavy atom. The molecule has 2 rings (SSSR count). The number of aliphatic carboxylic acids is 1. The number of fused-ring (bicyclic) bond motifs is 1. The third-order valence-electron chi connectivity index (χ3n) is 2.59. The Hall–Kier alpha value is -1.06. The van der Waals surface area contributed by atoms with Crippen LogP contribution in [0.25, 0.3) is 8.92 Å². The van der Waals surface area contributed by atoms with Crippen LogP contribution in [0, 0.1) is 13.8 Å². The van der Waals surface area contributed by atoms with Gasteiger partial charge in [-0.3, -0.25) is 0 Å². The molecule has 0 N–H and O–H groups in total. The number of rotatable bonds is 1. The van der Waals surface area contributed by atoms with E-state index in [2.05, 4.69) is 43.5 Å². The SMILES string of the molecule is CC[n+]1c(C)[te]c2ccc(C)cc21.O=C([O-])C(F)(F)F. The van der Waals surface area contributed by atoms with Crippen LogP contribution in [0.5, 0.6) is 0 Å². The summed E-state index contributed by atoms with van der Waals surface area (Å²) >= 11 is -0.0362. The minimum absolute atomic E-state index is 0.0362. The van der Waals surface area contributed by atoms with E-state index in [4.69, 9.17) is 9.90 Å². The largest absolute Gasteiger partial charge is 0.542 e. The van der Waals surface area contributed by atoms with E-state index in [1.165, 1.54) is 11.1 Å². The van der Waals surface area contributed by atoms with Crippen molar-refractivity contribution in [1.29, 1.82) is 0 Å². The molecule has 0 atom stereocenters. The Bertz CT molecular complexity index is 620. The second-order valence-electron chi connectivity index (χ2n) is 4.12. The molecule has 2 aromatic rings. The number of aromatic nitrogens is 1. The summed E-state index contributed by atoms with van der Waals surface area (Å²) in [6.45, 7) is 7.80. The minimum atomic E-state index is -5.19. The van der Waals surface area contributed by atoms with Crippen molar-refractivity contribution in [2.75, 3.05) is 0 Å². The van der Waals surface area contributed by atoms with Crippen LogP contribution in [-0.4, -0.2) is 32.6 Å². The van der Waals surface area contributed by atoms with E-state index in [1.54, 1.807) is 7.11 Å². The Balaban J connectivity index is 0.000000246. The first-order valence-corrected chi connectivity index (χ1v) is 8.17. The summed E-state index contributed by atoms with van der Waals surface area (Å²) in [5.74, 6) is -3.01. The fourth-order valence-corrected chi connectivity index (χ4v) is 4.74. The van der Waals surface area contributed by atoms with Crippen molar-refractivity contribution in [3.8, 4) is 0 Å². The van der Waals surface area contributed by atoms with E-state index in [9.17, 15) is 13.2 Å². The molecule has 0 aliphatic carbocycles. The van der Waals surface area contributed by atoms with Gasteiger partial charge in [0.05, 0.1) is 0 Å². The van der Waals surface area contributed by atoms with Crippen molar-refractivity contribution in [3.05, 3.63) is 27.5 Å². The first kappa shape index (κ1) is 17.0. The van der Waals surface area contributed by atoms with Gasteiger partial charge in [0.25, 0.3) is 0 Å². The molecular formula is C13H14F3NO2Te. The molecule has 0 fully saturated rings. The maximum Gasteiger partial charge on any atom is 0.430 e. The summed E-state index contributed by atoms with van der Waals surface area (Å²) in [5.41, 5.74) is 2.85. The van der Waals surface area contributed by atoms with E-state index in [1.807, 2.05) is 0 Å². The summed E-state index contributed by atoms with van der Waals surface area (Å²) in [5, 5.41) is 8.78. The number of benzene rings is 1. The van der Waals surface area contributed by atoms with Crippen molar-refractivity contribution < 1.29 is 27.6 Å². The smallest absolute Gasteiger partial charge is 0.430 e. The van der Waals surface area contributed by atoms with Crippen LogP contribution in [0.1, 0.15) is 16.2 Å². The number of hydrogen-bond donors (Lipinski definition) is 0. The summed E-state index contributed by atoms with van der Waals surface area (Å²) < 4.78 is 37.2. The quantitative estimate of drug-likeness (QED) is 0.532. The fourth-order valence-electron chi connectivity index (χ4n) is 1.70. The van der Waals surface area contributed by atoms with Gasteiger partial charge in [0, 0.05) is 0 Å². The van der Waals surface area contributed by atoms with Crippen LogP contribution in [0.3, 0.4) is 0 Å². The normalized spacial score (nSPS) is 11.1. The first-order valence-electron chi connectivity index (χ1n) is 5.84. The Kier molecular flexibility index (Phi) is 5.60. The Morgan fingerprint density at radius 3 is 2.35 bits per heavy atom. The van der Waals surface area contributed by atoms with Crippen LogP contribution in [0.4, 0.5) is 13.2 Å². The Labute approximate surface area is 124 Å². The predicted molar refractivity (Wildman–Crippen MR) is 67.3 cm³/mol. The molecular weight excluding hydrogens is 387 g/mol. The Morgan fingerprint density at radius 2 is 1.90 bits per heavy atom. The molecule has 20 heavy (non-hydrogen) atoms. The van der Waals surface area contributed by atoms with E-state index >= 15 is 0 Å². The predicted octanol–water partition coefficient (Wildman–Crippen LogP) is 1.12. The number of carboxylic acid groups (broad SMARTS) is 1. The van der Waals surface area contributed by atoms with Gasteiger partial charge in [-0.2, -0.15) is 13.2 Å². The second kappa shape index (κ2) is 6.59.